The van der Waals surface area contributed by atoms with Gasteiger partial charge >= 0.3 is 0 Å². The summed E-state index contributed by atoms with van der Waals surface area (Å²) in [6.07, 6.45) is 0.0500. The zero-order valence-corrected chi connectivity index (χ0v) is 17.0. The molecule has 0 spiro atoms. The van der Waals surface area contributed by atoms with E-state index in [2.05, 4.69) is 43.3 Å². The van der Waals surface area contributed by atoms with Gasteiger partial charge in [-0.15, -0.1) is 0 Å². The lowest BCUT2D eigenvalue weighted by Gasteiger charge is -2.38. The highest BCUT2D eigenvalue weighted by Gasteiger charge is 2.43. The average Bonchev–Trinajstić information content (AvgIpc) is 3.64. The lowest BCUT2D eigenvalue weighted by molar-refractivity contribution is -0.0495. The third-order valence-corrected chi connectivity index (χ3v) is 5.42. The molecule has 1 aliphatic rings. The molecular weight excluding hydrogens is 364 g/mol. The lowest BCUT2D eigenvalue weighted by atomic mass is 9.79. The largest absolute Gasteiger partial charge is 0.497 e. The van der Waals surface area contributed by atoms with Crippen molar-refractivity contribution in [2.75, 3.05) is 20.8 Å². The Hall–Kier alpha value is -2.82. The van der Waals surface area contributed by atoms with Gasteiger partial charge in [-0.3, -0.25) is 0 Å². The molecular formula is C25H26O4. The molecule has 1 heterocycles. The number of epoxide rings is 1. The predicted molar refractivity (Wildman–Crippen MR) is 113 cm³/mol. The van der Waals surface area contributed by atoms with Crippen LogP contribution in [0.3, 0.4) is 0 Å². The summed E-state index contributed by atoms with van der Waals surface area (Å²) in [7, 11) is 3.35. The van der Waals surface area contributed by atoms with Crippen molar-refractivity contribution in [2.45, 2.75) is 24.7 Å². The SMILES string of the molecule is COc1ccc(C(OC(C)[C@@H]2CO2)(c2ccccc2)c2ccc(OC)cc2)cc1. The van der Waals surface area contributed by atoms with Gasteiger partial charge in [0.15, 0.2) is 0 Å². The maximum atomic E-state index is 6.86. The molecule has 1 unspecified atom stereocenters. The molecule has 3 aromatic rings. The van der Waals surface area contributed by atoms with Crippen LogP contribution < -0.4 is 9.47 Å². The summed E-state index contributed by atoms with van der Waals surface area (Å²) in [4.78, 5) is 0. The fourth-order valence-corrected chi connectivity index (χ4v) is 3.71. The molecule has 4 nitrogen and oxygen atoms in total. The first-order chi connectivity index (χ1) is 14.2. The van der Waals surface area contributed by atoms with E-state index in [4.69, 9.17) is 18.9 Å². The van der Waals surface area contributed by atoms with E-state index in [0.29, 0.717) is 0 Å². The van der Waals surface area contributed by atoms with Gasteiger partial charge in [0.25, 0.3) is 0 Å². The van der Waals surface area contributed by atoms with E-state index in [9.17, 15) is 0 Å². The molecule has 150 valence electrons. The molecule has 1 saturated heterocycles. The fraction of sp³-hybridized carbons (Fsp3) is 0.280. The van der Waals surface area contributed by atoms with E-state index in [1.807, 2.05) is 42.5 Å². The van der Waals surface area contributed by atoms with Gasteiger partial charge in [-0.1, -0.05) is 54.6 Å². The third-order valence-electron chi connectivity index (χ3n) is 5.42. The molecule has 1 aliphatic heterocycles. The van der Waals surface area contributed by atoms with Crippen LogP contribution in [0.4, 0.5) is 0 Å². The molecule has 2 atom stereocenters. The quantitative estimate of drug-likeness (QED) is 0.409. The Balaban J connectivity index is 1.91. The van der Waals surface area contributed by atoms with E-state index in [1.165, 1.54) is 0 Å². The number of methoxy groups -OCH3 is 2. The Morgan fingerprint density at radius 3 is 1.62 bits per heavy atom. The molecule has 0 amide bonds. The van der Waals surface area contributed by atoms with Gasteiger partial charge in [-0.2, -0.15) is 0 Å². The molecule has 0 saturated carbocycles. The summed E-state index contributed by atoms with van der Waals surface area (Å²) in [5.74, 6) is 1.62. The lowest BCUT2D eigenvalue weighted by Crippen LogP contribution is -2.37. The number of hydrogen-bond donors (Lipinski definition) is 0. The summed E-state index contributed by atoms with van der Waals surface area (Å²) in [5.41, 5.74) is 2.33. The van der Waals surface area contributed by atoms with Gasteiger partial charge in [0, 0.05) is 0 Å². The Morgan fingerprint density at radius 2 is 1.21 bits per heavy atom. The smallest absolute Gasteiger partial charge is 0.144 e. The summed E-state index contributed by atoms with van der Waals surface area (Å²) < 4.78 is 23.1. The predicted octanol–water partition coefficient (Wildman–Crippen LogP) is 4.80. The van der Waals surface area contributed by atoms with Crippen molar-refractivity contribution in [3.63, 3.8) is 0 Å². The van der Waals surface area contributed by atoms with Crippen LogP contribution in [-0.4, -0.2) is 33.0 Å². The van der Waals surface area contributed by atoms with Crippen LogP contribution in [-0.2, 0) is 15.1 Å². The van der Waals surface area contributed by atoms with Gasteiger partial charge in [-0.05, 0) is 47.9 Å². The van der Waals surface area contributed by atoms with Crippen molar-refractivity contribution in [1.29, 1.82) is 0 Å². The minimum atomic E-state index is -0.787. The summed E-state index contributed by atoms with van der Waals surface area (Å²) >= 11 is 0. The van der Waals surface area contributed by atoms with Crippen LogP contribution in [0.5, 0.6) is 11.5 Å². The van der Waals surface area contributed by atoms with Gasteiger partial charge in [0.2, 0.25) is 0 Å². The van der Waals surface area contributed by atoms with Crippen molar-refractivity contribution in [3.05, 3.63) is 95.6 Å². The van der Waals surface area contributed by atoms with E-state index < -0.39 is 5.60 Å². The monoisotopic (exact) mass is 390 g/mol. The third kappa shape index (κ3) is 3.86. The molecule has 0 aliphatic carbocycles. The number of hydrogen-bond acceptors (Lipinski definition) is 4. The fourth-order valence-electron chi connectivity index (χ4n) is 3.71. The first kappa shape index (κ1) is 19.5. The Bertz CT molecular complexity index is 868. The highest BCUT2D eigenvalue weighted by Crippen LogP contribution is 2.43. The van der Waals surface area contributed by atoms with E-state index >= 15 is 0 Å². The van der Waals surface area contributed by atoms with Crippen LogP contribution >= 0.6 is 0 Å². The first-order valence-electron chi connectivity index (χ1n) is 9.81. The van der Waals surface area contributed by atoms with Crippen LogP contribution in [0.15, 0.2) is 78.9 Å². The molecule has 0 bridgehead atoms. The van der Waals surface area contributed by atoms with E-state index in [0.717, 1.165) is 34.8 Å². The van der Waals surface area contributed by atoms with Crippen LogP contribution in [0.2, 0.25) is 0 Å². The second-order valence-corrected chi connectivity index (χ2v) is 7.20. The van der Waals surface area contributed by atoms with Gasteiger partial charge < -0.3 is 18.9 Å². The van der Waals surface area contributed by atoms with E-state index in [1.54, 1.807) is 14.2 Å². The van der Waals surface area contributed by atoms with Crippen molar-refractivity contribution in [3.8, 4) is 11.5 Å². The van der Waals surface area contributed by atoms with Gasteiger partial charge in [0.05, 0.1) is 26.9 Å². The molecule has 0 radical (unpaired) electrons. The van der Waals surface area contributed by atoms with Crippen molar-refractivity contribution in [2.24, 2.45) is 0 Å². The molecule has 29 heavy (non-hydrogen) atoms. The zero-order valence-electron chi connectivity index (χ0n) is 17.0. The Labute approximate surface area is 172 Å². The minimum absolute atomic E-state index is 0.0700. The number of rotatable bonds is 8. The standard InChI is InChI=1S/C25H26O4/c1-18(24-17-28-24)29-25(19-7-5-4-6-8-19,20-9-13-22(26-2)14-10-20)21-11-15-23(27-3)16-12-21/h4-16,18,24H,17H2,1-3H3/t18?,24-/m0/s1. The van der Waals surface area contributed by atoms with Gasteiger partial charge in [-0.25, -0.2) is 0 Å². The molecule has 4 heteroatoms. The number of ether oxygens (including phenoxy) is 4. The molecule has 0 aromatic heterocycles. The van der Waals surface area contributed by atoms with Gasteiger partial charge in [0.1, 0.15) is 23.2 Å². The first-order valence-corrected chi connectivity index (χ1v) is 9.81. The summed E-state index contributed by atoms with van der Waals surface area (Å²) in [5, 5.41) is 0. The van der Waals surface area contributed by atoms with Crippen LogP contribution in [0.25, 0.3) is 0 Å². The van der Waals surface area contributed by atoms with Crippen molar-refractivity contribution < 1.29 is 18.9 Å². The maximum absolute atomic E-state index is 6.86. The van der Waals surface area contributed by atoms with E-state index in [-0.39, 0.29) is 12.2 Å². The highest BCUT2D eigenvalue weighted by molar-refractivity contribution is 5.49. The van der Waals surface area contributed by atoms with Crippen molar-refractivity contribution in [1.82, 2.24) is 0 Å². The topological polar surface area (TPSA) is 40.2 Å². The second kappa shape index (κ2) is 8.27. The molecule has 4 rings (SSSR count). The normalized spacial score (nSPS) is 16.9. The molecule has 1 fully saturated rings. The van der Waals surface area contributed by atoms with Crippen LogP contribution in [0.1, 0.15) is 23.6 Å². The van der Waals surface area contributed by atoms with Crippen molar-refractivity contribution >= 4 is 0 Å². The second-order valence-electron chi connectivity index (χ2n) is 7.20. The summed E-state index contributed by atoms with van der Waals surface area (Å²) in [6, 6.07) is 26.5. The molecule has 0 N–H and O–H groups in total. The highest BCUT2D eigenvalue weighted by atomic mass is 16.6. The molecule has 3 aromatic carbocycles. The Kier molecular flexibility index (Phi) is 5.56. The number of benzene rings is 3. The van der Waals surface area contributed by atoms with Crippen LogP contribution in [0, 0.1) is 0 Å². The average molecular weight is 390 g/mol. The zero-order chi connectivity index (χ0) is 20.3. The summed E-state index contributed by atoms with van der Waals surface area (Å²) in [6.45, 7) is 2.81. The minimum Gasteiger partial charge on any atom is -0.497 e. The Morgan fingerprint density at radius 1 is 0.759 bits per heavy atom. The maximum Gasteiger partial charge on any atom is 0.144 e.